The Hall–Kier alpha value is -2.64. The largest absolute Gasteiger partial charge is 0.494 e. The standard InChI is InChI=1S/C22H23ClN4O2S/c1-3-5-12-29-17-9-6-15(7-10-17)21-24-25-22-27(21)26-19(14-30-22)16-8-11-20(28-4-2)18(23)13-16/h6-11,13-14,26H,3-5,12H2,1-2H3. The van der Waals surface area contributed by atoms with Gasteiger partial charge in [-0.25, -0.2) is 4.68 Å². The van der Waals surface area contributed by atoms with Crippen LogP contribution in [0.25, 0.3) is 17.1 Å². The highest BCUT2D eigenvalue weighted by Crippen LogP contribution is 2.34. The van der Waals surface area contributed by atoms with E-state index in [-0.39, 0.29) is 0 Å². The number of rotatable bonds is 8. The van der Waals surface area contributed by atoms with Crippen molar-refractivity contribution in [2.75, 3.05) is 18.6 Å². The van der Waals surface area contributed by atoms with Gasteiger partial charge in [-0.2, -0.15) is 0 Å². The van der Waals surface area contributed by atoms with Crippen molar-refractivity contribution < 1.29 is 9.47 Å². The maximum absolute atomic E-state index is 6.36. The zero-order valence-corrected chi connectivity index (χ0v) is 18.5. The van der Waals surface area contributed by atoms with Gasteiger partial charge in [0.2, 0.25) is 5.16 Å². The van der Waals surface area contributed by atoms with Crippen LogP contribution >= 0.6 is 23.4 Å². The molecule has 0 spiro atoms. The summed E-state index contributed by atoms with van der Waals surface area (Å²) >= 11 is 7.87. The Morgan fingerprint density at radius 1 is 1.03 bits per heavy atom. The molecule has 0 bridgehead atoms. The second-order valence-electron chi connectivity index (χ2n) is 6.71. The third kappa shape index (κ3) is 4.42. The van der Waals surface area contributed by atoms with Crippen LogP contribution in [0.5, 0.6) is 11.5 Å². The second kappa shape index (κ2) is 9.45. The van der Waals surface area contributed by atoms with E-state index in [1.165, 1.54) is 11.8 Å². The van der Waals surface area contributed by atoms with Gasteiger partial charge in [0.25, 0.3) is 0 Å². The van der Waals surface area contributed by atoms with E-state index < -0.39 is 0 Å². The Bertz CT molecular complexity index is 1050. The summed E-state index contributed by atoms with van der Waals surface area (Å²) in [5.74, 6) is 2.27. The highest BCUT2D eigenvalue weighted by molar-refractivity contribution is 8.02. The summed E-state index contributed by atoms with van der Waals surface area (Å²) in [6.45, 7) is 5.39. The third-order valence-corrected chi connectivity index (χ3v) is 5.69. The van der Waals surface area contributed by atoms with Gasteiger partial charge in [0.1, 0.15) is 11.5 Å². The normalized spacial score (nSPS) is 12.7. The van der Waals surface area contributed by atoms with Crippen LogP contribution in [0, 0.1) is 0 Å². The summed E-state index contributed by atoms with van der Waals surface area (Å²) in [6.07, 6.45) is 2.16. The van der Waals surface area contributed by atoms with Gasteiger partial charge in [-0.3, -0.25) is 5.43 Å². The van der Waals surface area contributed by atoms with Gasteiger partial charge in [-0.15, -0.1) is 10.2 Å². The van der Waals surface area contributed by atoms with E-state index in [1.54, 1.807) is 0 Å². The van der Waals surface area contributed by atoms with Crippen molar-refractivity contribution >= 4 is 29.1 Å². The van der Waals surface area contributed by atoms with E-state index in [2.05, 4.69) is 22.5 Å². The number of fused-ring (bicyclic) bond motifs is 1. The molecule has 6 nitrogen and oxygen atoms in total. The van der Waals surface area contributed by atoms with Crippen molar-refractivity contribution in [1.29, 1.82) is 0 Å². The van der Waals surface area contributed by atoms with Crippen molar-refractivity contribution in [1.82, 2.24) is 14.9 Å². The monoisotopic (exact) mass is 442 g/mol. The van der Waals surface area contributed by atoms with Crippen LogP contribution in [0.2, 0.25) is 5.02 Å². The quantitative estimate of drug-likeness (QED) is 0.443. The van der Waals surface area contributed by atoms with Gasteiger partial charge >= 0.3 is 0 Å². The lowest BCUT2D eigenvalue weighted by atomic mass is 10.1. The van der Waals surface area contributed by atoms with Gasteiger partial charge < -0.3 is 9.47 Å². The molecule has 1 N–H and O–H groups in total. The smallest absolute Gasteiger partial charge is 0.214 e. The van der Waals surface area contributed by atoms with Gasteiger partial charge in [0.05, 0.1) is 23.9 Å². The summed E-state index contributed by atoms with van der Waals surface area (Å²) in [5, 5.41) is 12.0. The lowest BCUT2D eigenvalue weighted by Gasteiger charge is -2.19. The summed E-state index contributed by atoms with van der Waals surface area (Å²) in [7, 11) is 0. The number of halogens is 1. The third-order valence-electron chi connectivity index (χ3n) is 4.57. The second-order valence-corrected chi connectivity index (χ2v) is 7.95. The van der Waals surface area contributed by atoms with Crippen molar-refractivity contribution in [2.24, 2.45) is 0 Å². The molecule has 0 unspecified atom stereocenters. The number of hydrogen-bond donors (Lipinski definition) is 1. The van der Waals surface area contributed by atoms with E-state index in [9.17, 15) is 0 Å². The average molecular weight is 443 g/mol. The first-order valence-electron chi connectivity index (χ1n) is 9.94. The van der Waals surface area contributed by atoms with E-state index in [1.807, 2.05) is 59.5 Å². The molecular weight excluding hydrogens is 420 g/mol. The van der Waals surface area contributed by atoms with Crippen molar-refractivity contribution in [3.05, 3.63) is 58.5 Å². The van der Waals surface area contributed by atoms with Crippen LogP contribution in [0.3, 0.4) is 0 Å². The minimum absolute atomic E-state index is 0.575. The van der Waals surface area contributed by atoms with E-state index in [0.29, 0.717) is 17.4 Å². The maximum atomic E-state index is 6.36. The number of thioether (sulfide) groups is 1. The first kappa shape index (κ1) is 20.6. The van der Waals surface area contributed by atoms with E-state index in [0.717, 1.165) is 53.0 Å². The highest BCUT2D eigenvalue weighted by atomic mass is 35.5. The molecule has 0 aliphatic carbocycles. The Labute approximate surface area is 185 Å². The molecule has 2 heterocycles. The minimum Gasteiger partial charge on any atom is -0.494 e. The Balaban J connectivity index is 1.53. The molecule has 8 heteroatoms. The number of hydrogen-bond acceptors (Lipinski definition) is 6. The van der Waals surface area contributed by atoms with Gasteiger partial charge in [0.15, 0.2) is 5.82 Å². The molecule has 2 aromatic carbocycles. The van der Waals surface area contributed by atoms with Gasteiger partial charge in [-0.1, -0.05) is 36.7 Å². The predicted molar refractivity (Wildman–Crippen MR) is 122 cm³/mol. The number of aromatic nitrogens is 3. The summed E-state index contributed by atoms with van der Waals surface area (Å²) in [4.78, 5) is 0. The van der Waals surface area contributed by atoms with Crippen molar-refractivity contribution in [3.63, 3.8) is 0 Å². The highest BCUT2D eigenvalue weighted by Gasteiger charge is 2.20. The molecule has 1 aromatic heterocycles. The first-order chi connectivity index (χ1) is 14.7. The number of unbranched alkanes of at least 4 members (excludes halogenated alkanes) is 1. The first-order valence-corrected chi connectivity index (χ1v) is 11.2. The summed E-state index contributed by atoms with van der Waals surface area (Å²) < 4.78 is 13.2. The van der Waals surface area contributed by atoms with Crippen LogP contribution in [0.4, 0.5) is 0 Å². The number of nitrogens with zero attached hydrogens (tertiary/aromatic N) is 3. The maximum Gasteiger partial charge on any atom is 0.214 e. The lowest BCUT2D eigenvalue weighted by molar-refractivity contribution is 0.309. The molecule has 0 saturated heterocycles. The van der Waals surface area contributed by atoms with Crippen LogP contribution in [0.15, 0.2) is 53.0 Å². The van der Waals surface area contributed by atoms with Crippen LogP contribution in [-0.2, 0) is 0 Å². The summed E-state index contributed by atoms with van der Waals surface area (Å²) in [6, 6.07) is 13.7. The van der Waals surface area contributed by atoms with Crippen LogP contribution in [-0.4, -0.2) is 28.1 Å². The molecule has 0 atom stereocenters. The average Bonchev–Trinajstić information content (AvgIpc) is 3.19. The molecule has 1 aliphatic rings. The van der Waals surface area contributed by atoms with Gasteiger partial charge in [-0.05, 0) is 55.8 Å². The van der Waals surface area contributed by atoms with E-state index >= 15 is 0 Å². The molecule has 0 radical (unpaired) electrons. The molecule has 4 rings (SSSR count). The van der Waals surface area contributed by atoms with Gasteiger partial charge in [0, 0.05) is 16.5 Å². The SMILES string of the molecule is CCCCOc1ccc(-c2nnc3n2NC(c2ccc(OCC)c(Cl)c2)=CS3)cc1. The fourth-order valence-electron chi connectivity index (χ4n) is 3.00. The molecule has 0 fully saturated rings. The van der Waals surface area contributed by atoms with Crippen molar-refractivity contribution in [2.45, 2.75) is 31.8 Å². The molecular formula is C22H23ClN4O2S. The fraction of sp³-hybridized carbons (Fsp3) is 0.273. The molecule has 156 valence electrons. The van der Waals surface area contributed by atoms with Crippen LogP contribution in [0.1, 0.15) is 32.3 Å². The topological polar surface area (TPSA) is 61.2 Å². The molecule has 30 heavy (non-hydrogen) atoms. The zero-order valence-electron chi connectivity index (χ0n) is 16.9. The van der Waals surface area contributed by atoms with Crippen molar-refractivity contribution in [3.8, 4) is 22.9 Å². The zero-order chi connectivity index (χ0) is 20.9. The van der Waals surface area contributed by atoms with E-state index in [4.69, 9.17) is 21.1 Å². The molecule has 3 aromatic rings. The number of benzene rings is 2. The number of ether oxygens (including phenoxy) is 2. The fourth-order valence-corrected chi connectivity index (χ4v) is 3.97. The molecule has 1 aliphatic heterocycles. The Morgan fingerprint density at radius 3 is 2.57 bits per heavy atom. The Morgan fingerprint density at radius 2 is 1.83 bits per heavy atom. The molecule has 0 amide bonds. The lowest BCUT2D eigenvalue weighted by Crippen LogP contribution is -2.18. The predicted octanol–water partition coefficient (Wildman–Crippen LogP) is 5.82. The minimum atomic E-state index is 0.575. The number of nitrogens with one attached hydrogen (secondary N) is 1. The summed E-state index contributed by atoms with van der Waals surface area (Å²) in [5.41, 5.74) is 6.23. The Kier molecular flexibility index (Phi) is 6.50. The molecule has 0 saturated carbocycles. The van der Waals surface area contributed by atoms with Crippen LogP contribution < -0.4 is 14.9 Å².